The number of fused-ring (bicyclic) bond motifs is 2. The zero-order valence-electron chi connectivity index (χ0n) is 36.3. The second-order valence-electron chi connectivity index (χ2n) is 19.3. The average molecular weight is 854 g/mol. The van der Waals surface area contributed by atoms with Crippen molar-refractivity contribution in [2.24, 2.45) is 0 Å². The molecule has 0 bridgehead atoms. The summed E-state index contributed by atoms with van der Waals surface area (Å²) >= 11 is -5.02. The van der Waals surface area contributed by atoms with Crippen LogP contribution in [0.3, 0.4) is 0 Å². The molecule has 0 saturated carbocycles. The first-order chi connectivity index (χ1) is 25.8. The van der Waals surface area contributed by atoms with Gasteiger partial charge >= 0.3 is 346 Å². The number of benzene rings is 4. The van der Waals surface area contributed by atoms with Gasteiger partial charge in [0.1, 0.15) is 0 Å². The molecule has 2 atom stereocenters. The molecule has 2 aliphatic carbocycles. The molecule has 0 amide bonds. The first-order valence-corrected chi connectivity index (χ1v) is 32.2. The third-order valence-electron chi connectivity index (χ3n) is 13.2. The van der Waals surface area contributed by atoms with Crippen LogP contribution in [-0.2, 0) is 27.2 Å². The van der Waals surface area contributed by atoms with E-state index in [1.54, 1.807) is 0 Å². The van der Waals surface area contributed by atoms with Gasteiger partial charge < -0.3 is 0 Å². The molecule has 55 heavy (non-hydrogen) atoms. The van der Waals surface area contributed by atoms with E-state index in [-0.39, 0.29) is 18.1 Å². The van der Waals surface area contributed by atoms with Gasteiger partial charge in [-0.2, -0.15) is 0 Å². The first kappa shape index (κ1) is 42.4. The van der Waals surface area contributed by atoms with E-state index in [2.05, 4.69) is 163 Å². The van der Waals surface area contributed by atoms with Crippen LogP contribution >= 0.6 is 17.0 Å². The van der Waals surface area contributed by atoms with Gasteiger partial charge in [0.2, 0.25) is 0 Å². The fourth-order valence-electron chi connectivity index (χ4n) is 10.2. The molecule has 0 saturated heterocycles. The number of hydrogen-bond acceptors (Lipinski definition) is 0. The van der Waals surface area contributed by atoms with Crippen LogP contribution in [0.5, 0.6) is 0 Å². The predicted molar refractivity (Wildman–Crippen MR) is 243 cm³/mol. The summed E-state index contributed by atoms with van der Waals surface area (Å²) in [5, 5.41) is 0. The Labute approximate surface area is 343 Å². The number of unbranched alkanes of at least 4 members (excludes halogenated alkanes) is 2. The fraction of sp³-hybridized carbons (Fsp3) is 0.462. The monoisotopic (exact) mass is 851 g/mol. The normalized spacial score (nSPS) is 17.8. The molecule has 0 nitrogen and oxygen atoms in total. The Balaban J connectivity index is 1.61. The van der Waals surface area contributed by atoms with Crippen LogP contribution in [0.2, 0.25) is 4.13 Å². The van der Waals surface area contributed by atoms with E-state index >= 15 is 0 Å². The molecule has 0 aliphatic heterocycles. The summed E-state index contributed by atoms with van der Waals surface area (Å²) in [6, 6.07) is 23.6. The Morgan fingerprint density at radius 2 is 0.873 bits per heavy atom. The van der Waals surface area contributed by atoms with Crippen LogP contribution in [0.15, 0.2) is 71.8 Å². The van der Waals surface area contributed by atoms with Crippen molar-refractivity contribution in [1.82, 2.24) is 0 Å². The minimum atomic E-state index is -5.02. The molecule has 4 aromatic carbocycles. The van der Waals surface area contributed by atoms with Crippen LogP contribution in [0.1, 0.15) is 164 Å². The fourth-order valence-corrected chi connectivity index (χ4v) is 28.5. The second kappa shape index (κ2) is 15.5. The molecule has 0 N–H and O–H groups in total. The number of aryl methyl sites for hydroxylation is 4. The quantitative estimate of drug-likeness (QED) is 0.141. The molecule has 2 unspecified atom stereocenters. The number of rotatable bonds is 11. The van der Waals surface area contributed by atoms with Gasteiger partial charge in [-0.1, -0.05) is 0 Å². The molecule has 3 heteroatoms. The number of halogens is 2. The zero-order valence-corrected chi connectivity index (χ0v) is 40.3. The summed E-state index contributed by atoms with van der Waals surface area (Å²) < 4.78 is 0.943. The van der Waals surface area contributed by atoms with Gasteiger partial charge in [0.05, 0.1) is 0 Å². The van der Waals surface area contributed by atoms with Crippen molar-refractivity contribution in [2.45, 2.75) is 151 Å². The first-order valence-electron chi connectivity index (χ1n) is 21.2. The van der Waals surface area contributed by atoms with Crippen molar-refractivity contribution in [1.29, 1.82) is 0 Å². The van der Waals surface area contributed by atoms with E-state index in [4.69, 9.17) is 17.0 Å². The second-order valence-corrected chi connectivity index (χ2v) is 42.2. The van der Waals surface area contributed by atoms with Crippen molar-refractivity contribution in [3.63, 3.8) is 0 Å². The van der Waals surface area contributed by atoms with Gasteiger partial charge in [-0.05, 0) is 0 Å². The van der Waals surface area contributed by atoms with Crippen LogP contribution in [0.25, 0.3) is 34.4 Å². The van der Waals surface area contributed by atoms with Crippen molar-refractivity contribution in [3.05, 3.63) is 127 Å². The molecule has 6 rings (SSSR count). The summed E-state index contributed by atoms with van der Waals surface area (Å²) in [6.07, 6.45) is 11.8. The van der Waals surface area contributed by atoms with Gasteiger partial charge in [-0.15, -0.1) is 0 Å². The molecule has 4 aromatic rings. The summed E-state index contributed by atoms with van der Waals surface area (Å²) in [4.78, 5) is 0. The molecule has 0 fully saturated rings. The molecule has 0 aromatic heterocycles. The number of allylic oxidation sites excluding steroid dienone is 2. The summed E-state index contributed by atoms with van der Waals surface area (Å²) in [6.45, 7) is 29.9. The zero-order chi connectivity index (χ0) is 40.3. The van der Waals surface area contributed by atoms with Crippen molar-refractivity contribution in [3.8, 4) is 22.3 Å². The maximum atomic E-state index is 8.85. The van der Waals surface area contributed by atoms with E-state index in [9.17, 15) is 0 Å². The predicted octanol–water partition coefficient (Wildman–Crippen LogP) is 17.2. The molecule has 0 radical (unpaired) electrons. The third-order valence-corrected chi connectivity index (χ3v) is 33.9. The van der Waals surface area contributed by atoms with Gasteiger partial charge in [-0.25, -0.2) is 0 Å². The van der Waals surface area contributed by atoms with Gasteiger partial charge in [0, 0.05) is 0 Å². The maximum absolute atomic E-state index is 8.85. The minimum absolute atomic E-state index is 0.0562. The molecular formula is C52H67Cl2Zr. The summed E-state index contributed by atoms with van der Waals surface area (Å²) in [7, 11) is 17.7. The van der Waals surface area contributed by atoms with E-state index < -0.39 is 16.4 Å². The average Bonchev–Trinajstić information content (AvgIpc) is 3.71. The van der Waals surface area contributed by atoms with E-state index in [0.29, 0.717) is 0 Å². The van der Waals surface area contributed by atoms with Crippen LogP contribution in [0, 0.1) is 27.7 Å². The van der Waals surface area contributed by atoms with E-state index in [1.807, 2.05) is 0 Å². The molecule has 2 aliphatic rings. The van der Waals surface area contributed by atoms with Crippen molar-refractivity contribution in [2.75, 3.05) is 0 Å². The van der Waals surface area contributed by atoms with Crippen LogP contribution in [-0.4, -0.2) is 0 Å². The Morgan fingerprint density at radius 1 is 0.527 bits per heavy atom. The summed E-state index contributed by atoms with van der Waals surface area (Å²) in [5.74, 6) is 0. The number of hydrogen-bond donors (Lipinski definition) is 0. The molecule has 293 valence electrons. The topological polar surface area (TPSA) is 0 Å². The Hall–Kier alpha value is -2.18. The van der Waals surface area contributed by atoms with Crippen molar-refractivity contribution >= 4 is 29.2 Å². The van der Waals surface area contributed by atoms with Crippen molar-refractivity contribution < 1.29 is 16.4 Å². The third kappa shape index (κ3) is 7.63. The molecule has 0 heterocycles. The summed E-state index contributed by atoms with van der Waals surface area (Å²) in [5.41, 5.74) is 22.0. The standard InChI is InChI=1S/2C25H31.C2H5.2ClH.Zr/c2*1-7-8-9-19-15-22-17(2)14-18(3)24(23(22)16-19)20-10-12-21(13-11-20)25(4,5)6;1-2;;;/h2*10-16H,7-9H2,1-6H3;1H2,2H3;2*1H;/q;;;;;+2/p-2. The van der Waals surface area contributed by atoms with Crippen LogP contribution < -0.4 is 0 Å². The van der Waals surface area contributed by atoms with Gasteiger partial charge in [0.25, 0.3) is 0 Å². The van der Waals surface area contributed by atoms with E-state index in [0.717, 1.165) is 42.7 Å². The van der Waals surface area contributed by atoms with Crippen LogP contribution in [0.4, 0.5) is 0 Å². The van der Waals surface area contributed by atoms with E-state index in [1.165, 1.54) is 89.0 Å². The Kier molecular flexibility index (Phi) is 12.0. The SMILES string of the molecule is CCCCC1=Cc2c(-c3ccc(C(C)(C)C)cc3)c(C)cc(C)c2[CH]1[Zr]([Cl])([Cl])([CH2]C)[CH]1C(CCCC)=Cc2c(-c3ccc(C(C)(C)C)cc3)c(C)cc(C)c21. The van der Waals surface area contributed by atoms with Gasteiger partial charge in [-0.3, -0.25) is 0 Å². The Morgan fingerprint density at radius 3 is 1.16 bits per heavy atom. The molecular weight excluding hydrogens is 787 g/mol. The molecule has 0 spiro atoms. The Bertz CT molecular complexity index is 2000. The van der Waals surface area contributed by atoms with Gasteiger partial charge in [0.15, 0.2) is 0 Å².